The van der Waals surface area contributed by atoms with Crippen molar-refractivity contribution in [3.63, 3.8) is 0 Å². The standard InChI is InChI=1S/C17H18Cl2N2O2/c1-3-23-17-15(18)8-12(9-16(17)19)10-20-13-4-6-14(7-5-13)21-11(2)22/h4-9,20H,3,10H2,1-2H3,(H,21,22). The van der Waals surface area contributed by atoms with Crippen molar-refractivity contribution in [2.24, 2.45) is 0 Å². The molecule has 2 N–H and O–H groups in total. The smallest absolute Gasteiger partial charge is 0.221 e. The van der Waals surface area contributed by atoms with E-state index in [1.54, 1.807) is 0 Å². The van der Waals surface area contributed by atoms with E-state index in [9.17, 15) is 4.79 Å². The molecule has 0 aromatic heterocycles. The molecule has 122 valence electrons. The van der Waals surface area contributed by atoms with E-state index in [0.29, 0.717) is 28.9 Å². The predicted octanol–water partition coefficient (Wildman–Crippen LogP) is 4.96. The number of amides is 1. The lowest BCUT2D eigenvalue weighted by Crippen LogP contribution is -2.05. The summed E-state index contributed by atoms with van der Waals surface area (Å²) in [5.74, 6) is 0.420. The van der Waals surface area contributed by atoms with Crippen LogP contribution in [0.15, 0.2) is 36.4 Å². The molecule has 0 bridgehead atoms. The molecule has 23 heavy (non-hydrogen) atoms. The number of hydrogen-bond acceptors (Lipinski definition) is 3. The van der Waals surface area contributed by atoms with Crippen molar-refractivity contribution in [2.75, 3.05) is 17.2 Å². The zero-order valence-corrected chi connectivity index (χ0v) is 14.5. The van der Waals surface area contributed by atoms with Crippen LogP contribution in [0.25, 0.3) is 0 Å². The Morgan fingerprint density at radius 3 is 2.17 bits per heavy atom. The van der Waals surface area contributed by atoms with Crippen LogP contribution < -0.4 is 15.4 Å². The van der Waals surface area contributed by atoms with Crippen molar-refractivity contribution in [1.29, 1.82) is 0 Å². The molecule has 0 atom stereocenters. The van der Waals surface area contributed by atoms with Gasteiger partial charge < -0.3 is 15.4 Å². The largest absolute Gasteiger partial charge is 0.491 e. The van der Waals surface area contributed by atoms with Crippen LogP contribution in [0.2, 0.25) is 10.0 Å². The first kappa shape index (κ1) is 17.4. The van der Waals surface area contributed by atoms with Crippen molar-refractivity contribution in [2.45, 2.75) is 20.4 Å². The molecule has 0 aliphatic carbocycles. The maximum absolute atomic E-state index is 11.0. The van der Waals surface area contributed by atoms with E-state index in [1.807, 2.05) is 43.3 Å². The number of carbonyl (C=O) groups excluding carboxylic acids is 1. The molecule has 2 rings (SSSR count). The molecule has 0 heterocycles. The van der Waals surface area contributed by atoms with Crippen LogP contribution in [0, 0.1) is 0 Å². The zero-order valence-electron chi connectivity index (χ0n) is 13.0. The molecule has 2 aromatic carbocycles. The molecular formula is C17H18Cl2N2O2. The van der Waals surface area contributed by atoms with Gasteiger partial charge in [-0.15, -0.1) is 0 Å². The van der Waals surface area contributed by atoms with Gasteiger partial charge in [0.05, 0.1) is 16.7 Å². The topological polar surface area (TPSA) is 50.4 Å². The Balaban J connectivity index is 2.02. The molecule has 0 aliphatic rings. The van der Waals surface area contributed by atoms with E-state index in [2.05, 4.69) is 10.6 Å². The highest BCUT2D eigenvalue weighted by Crippen LogP contribution is 2.34. The number of hydrogen-bond donors (Lipinski definition) is 2. The van der Waals surface area contributed by atoms with Crippen molar-refractivity contribution in [1.82, 2.24) is 0 Å². The van der Waals surface area contributed by atoms with Gasteiger partial charge in [0.25, 0.3) is 0 Å². The van der Waals surface area contributed by atoms with E-state index in [1.165, 1.54) is 6.92 Å². The third kappa shape index (κ3) is 5.05. The summed E-state index contributed by atoms with van der Waals surface area (Å²) in [7, 11) is 0. The third-order valence-corrected chi connectivity index (χ3v) is 3.61. The average Bonchev–Trinajstić information content (AvgIpc) is 2.50. The van der Waals surface area contributed by atoms with Gasteiger partial charge in [-0.25, -0.2) is 0 Å². The van der Waals surface area contributed by atoms with Gasteiger partial charge in [-0.2, -0.15) is 0 Å². The van der Waals surface area contributed by atoms with E-state index in [-0.39, 0.29) is 5.91 Å². The number of carbonyl (C=O) groups is 1. The number of nitrogens with one attached hydrogen (secondary N) is 2. The lowest BCUT2D eigenvalue weighted by molar-refractivity contribution is -0.114. The molecule has 0 spiro atoms. The van der Waals surface area contributed by atoms with Crippen molar-refractivity contribution < 1.29 is 9.53 Å². The fraction of sp³-hybridized carbons (Fsp3) is 0.235. The summed E-state index contributed by atoms with van der Waals surface area (Å²) in [5.41, 5.74) is 2.64. The summed E-state index contributed by atoms with van der Waals surface area (Å²) in [6.07, 6.45) is 0. The fourth-order valence-electron chi connectivity index (χ4n) is 2.08. The maximum atomic E-state index is 11.0. The molecule has 4 nitrogen and oxygen atoms in total. The highest BCUT2D eigenvalue weighted by Gasteiger charge is 2.09. The van der Waals surface area contributed by atoms with Gasteiger partial charge in [0.2, 0.25) is 5.91 Å². The fourth-order valence-corrected chi connectivity index (χ4v) is 2.72. The Morgan fingerprint density at radius 2 is 1.65 bits per heavy atom. The first-order valence-corrected chi connectivity index (χ1v) is 7.97. The minimum absolute atomic E-state index is 0.0932. The molecule has 2 aromatic rings. The average molecular weight is 353 g/mol. The van der Waals surface area contributed by atoms with Gasteiger partial charge in [-0.05, 0) is 48.9 Å². The van der Waals surface area contributed by atoms with Crippen LogP contribution in [-0.2, 0) is 11.3 Å². The lowest BCUT2D eigenvalue weighted by Gasteiger charge is -2.12. The Bertz CT molecular complexity index is 664. The van der Waals surface area contributed by atoms with Crippen LogP contribution in [-0.4, -0.2) is 12.5 Å². The normalized spacial score (nSPS) is 10.3. The molecule has 0 saturated carbocycles. The molecule has 0 unspecified atom stereocenters. The minimum Gasteiger partial charge on any atom is -0.491 e. The van der Waals surface area contributed by atoms with Crippen LogP contribution in [0.3, 0.4) is 0 Å². The van der Waals surface area contributed by atoms with Gasteiger partial charge in [0.1, 0.15) is 0 Å². The first-order chi connectivity index (χ1) is 11.0. The van der Waals surface area contributed by atoms with Crippen LogP contribution in [0.1, 0.15) is 19.4 Å². The van der Waals surface area contributed by atoms with E-state index in [0.717, 1.165) is 16.9 Å². The quantitative estimate of drug-likeness (QED) is 0.772. The SMILES string of the molecule is CCOc1c(Cl)cc(CNc2ccc(NC(C)=O)cc2)cc1Cl. The summed E-state index contributed by atoms with van der Waals surface area (Å²) < 4.78 is 5.41. The zero-order chi connectivity index (χ0) is 16.8. The summed E-state index contributed by atoms with van der Waals surface area (Å²) in [5, 5.41) is 6.99. The summed E-state index contributed by atoms with van der Waals surface area (Å²) in [4.78, 5) is 11.0. The van der Waals surface area contributed by atoms with Gasteiger partial charge in [-0.3, -0.25) is 4.79 Å². The van der Waals surface area contributed by atoms with E-state index in [4.69, 9.17) is 27.9 Å². The Labute approximate surface area is 145 Å². The molecule has 0 aliphatic heterocycles. The summed E-state index contributed by atoms with van der Waals surface area (Å²) in [6.45, 7) is 4.45. The second-order valence-electron chi connectivity index (χ2n) is 4.93. The number of halogens is 2. The first-order valence-electron chi connectivity index (χ1n) is 7.22. The molecule has 0 saturated heterocycles. The van der Waals surface area contributed by atoms with Gasteiger partial charge in [-0.1, -0.05) is 23.2 Å². The minimum atomic E-state index is -0.0932. The van der Waals surface area contributed by atoms with Crippen LogP contribution in [0.4, 0.5) is 11.4 Å². The maximum Gasteiger partial charge on any atom is 0.221 e. The Kier molecular flexibility index (Phi) is 6.13. The van der Waals surface area contributed by atoms with Gasteiger partial charge in [0, 0.05) is 24.8 Å². The van der Waals surface area contributed by atoms with E-state index >= 15 is 0 Å². The number of anilines is 2. The second-order valence-corrected chi connectivity index (χ2v) is 5.75. The third-order valence-electron chi connectivity index (χ3n) is 3.05. The highest BCUT2D eigenvalue weighted by molar-refractivity contribution is 6.37. The van der Waals surface area contributed by atoms with Gasteiger partial charge in [0.15, 0.2) is 5.75 Å². The second kappa shape index (κ2) is 8.09. The molecule has 6 heteroatoms. The predicted molar refractivity (Wildman–Crippen MR) is 95.7 cm³/mol. The van der Waals surface area contributed by atoms with Crippen LogP contribution >= 0.6 is 23.2 Å². The monoisotopic (exact) mass is 352 g/mol. The molecule has 0 fully saturated rings. The summed E-state index contributed by atoms with van der Waals surface area (Å²) in [6, 6.07) is 11.1. The highest BCUT2D eigenvalue weighted by atomic mass is 35.5. The van der Waals surface area contributed by atoms with E-state index < -0.39 is 0 Å². The number of benzene rings is 2. The van der Waals surface area contributed by atoms with Crippen molar-refractivity contribution in [3.8, 4) is 5.75 Å². The van der Waals surface area contributed by atoms with Crippen molar-refractivity contribution in [3.05, 3.63) is 52.0 Å². The molecule has 1 amide bonds. The Morgan fingerprint density at radius 1 is 1.09 bits per heavy atom. The number of ether oxygens (including phenoxy) is 1. The molecule has 0 radical (unpaired) electrons. The van der Waals surface area contributed by atoms with Crippen LogP contribution in [0.5, 0.6) is 5.75 Å². The van der Waals surface area contributed by atoms with Crippen molar-refractivity contribution >= 4 is 40.5 Å². The van der Waals surface area contributed by atoms with Gasteiger partial charge >= 0.3 is 0 Å². The lowest BCUT2D eigenvalue weighted by atomic mass is 10.2. The number of rotatable bonds is 6. The Hall–Kier alpha value is -1.91. The summed E-state index contributed by atoms with van der Waals surface area (Å²) >= 11 is 12.4. The molecular weight excluding hydrogens is 335 g/mol.